The SMILES string of the molecule is O=C(CN1CCN(CCOc2ccccc2)CC1)NCc1ccc(Cl)s1. The fraction of sp³-hybridized carbons (Fsp3) is 0.421. The zero-order valence-electron chi connectivity index (χ0n) is 14.7. The van der Waals surface area contributed by atoms with Crippen LogP contribution >= 0.6 is 22.9 Å². The lowest BCUT2D eigenvalue weighted by atomic mass is 10.3. The molecule has 0 radical (unpaired) electrons. The third-order valence-corrected chi connectivity index (χ3v) is 5.57. The first kappa shape index (κ1) is 19.2. The predicted molar refractivity (Wildman–Crippen MR) is 106 cm³/mol. The van der Waals surface area contributed by atoms with E-state index in [-0.39, 0.29) is 5.91 Å². The van der Waals surface area contributed by atoms with Crippen LogP contribution in [-0.4, -0.2) is 61.6 Å². The first-order chi connectivity index (χ1) is 12.7. The molecule has 5 nitrogen and oxygen atoms in total. The third-order valence-electron chi connectivity index (χ3n) is 4.34. The molecule has 2 aromatic rings. The van der Waals surface area contributed by atoms with Crippen LogP contribution in [0.15, 0.2) is 42.5 Å². The molecule has 0 spiro atoms. The molecule has 2 heterocycles. The molecular formula is C19H24ClN3O2S. The zero-order chi connectivity index (χ0) is 18.2. The van der Waals surface area contributed by atoms with Crippen LogP contribution in [0.2, 0.25) is 4.34 Å². The molecule has 1 saturated heterocycles. The van der Waals surface area contributed by atoms with Crippen LogP contribution < -0.4 is 10.1 Å². The normalized spacial score (nSPS) is 15.7. The van der Waals surface area contributed by atoms with Gasteiger partial charge in [0, 0.05) is 37.6 Å². The number of amides is 1. The highest BCUT2D eigenvalue weighted by Gasteiger charge is 2.18. The van der Waals surface area contributed by atoms with Gasteiger partial charge in [0.25, 0.3) is 0 Å². The van der Waals surface area contributed by atoms with Crippen molar-refractivity contribution in [2.75, 3.05) is 45.9 Å². The maximum atomic E-state index is 12.1. The van der Waals surface area contributed by atoms with Crippen molar-refractivity contribution < 1.29 is 9.53 Å². The van der Waals surface area contributed by atoms with Crippen LogP contribution in [0.5, 0.6) is 5.75 Å². The number of thiophene rings is 1. The van der Waals surface area contributed by atoms with Crippen LogP contribution in [0.4, 0.5) is 0 Å². The highest BCUT2D eigenvalue weighted by Crippen LogP contribution is 2.20. The summed E-state index contributed by atoms with van der Waals surface area (Å²) in [6.07, 6.45) is 0. The molecule has 0 saturated carbocycles. The van der Waals surface area contributed by atoms with Crippen molar-refractivity contribution in [3.05, 3.63) is 51.7 Å². The Morgan fingerprint density at radius 1 is 1.08 bits per heavy atom. The number of hydrogen-bond acceptors (Lipinski definition) is 5. The summed E-state index contributed by atoms with van der Waals surface area (Å²) < 4.78 is 6.50. The molecule has 7 heteroatoms. The minimum Gasteiger partial charge on any atom is -0.492 e. The summed E-state index contributed by atoms with van der Waals surface area (Å²) in [5, 5.41) is 2.96. The number of hydrogen-bond donors (Lipinski definition) is 1. The van der Waals surface area contributed by atoms with E-state index in [2.05, 4.69) is 15.1 Å². The molecule has 1 aromatic heterocycles. The number of halogens is 1. The molecule has 0 atom stereocenters. The summed E-state index contributed by atoms with van der Waals surface area (Å²) in [6, 6.07) is 13.7. The Labute approximate surface area is 163 Å². The molecule has 3 rings (SSSR count). The summed E-state index contributed by atoms with van der Waals surface area (Å²) in [5.74, 6) is 0.977. The van der Waals surface area contributed by atoms with Crippen LogP contribution in [0.3, 0.4) is 0 Å². The van der Waals surface area contributed by atoms with Gasteiger partial charge in [0.05, 0.1) is 17.4 Å². The standard InChI is InChI=1S/C19H24ClN3O2S/c20-18-7-6-17(26-18)14-21-19(24)15-23-10-8-22(9-11-23)12-13-25-16-4-2-1-3-5-16/h1-7H,8-15H2,(H,21,24). The van der Waals surface area contributed by atoms with E-state index < -0.39 is 0 Å². The number of carbonyl (C=O) groups is 1. The quantitative estimate of drug-likeness (QED) is 0.749. The van der Waals surface area contributed by atoms with Gasteiger partial charge in [-0.05, 0) is 24.3 Å². The Morgan fingerprint density at radius 2 is 1.81 bits per heavy atom. The van der Waals surface area contributed by atoms with Gasteiger partial charge in [-0.3, -0.25) is 14.6 Å². The third kappa shape index (κ3) is 6.29. The Balaban J connectivity index is 1.29. The molecule has 0 unspecified atom stereocenters. The van der Waals surface area contributed by atoms with Crippen molar-refractivity contribution in [3.63, 3.8) is 0 Å². The summed E-state index contributed by atoms with van der Waals surface area (Å²) in [4.78, 5) is 17.7. The minimum atomic E-state index is 0.0652. The molecule has 1 amide bonds. The van der Waals surface area contributed by atoms with Gasteiger partial charge in [-0.1, -0.05) is 29.8 Å². The maximum absolute atomic E-state index is 12.1. The smallest absolute Gasteiger partial charge is 0.234 e. The molecule has 1 fully saturated rings. The van der Waals surface area contributed by atoms with Gasteiger partial charge in [-0.25, -0.2) is 0 Å². The molecule has 26 heavy (non-hydrogen) atoms. The van der Waals surface area contributed by atoms with E-state index >= 15 is 0 Å². The number of carbonyl (C=O) groups excluding carboxylic acids is 1. The van der Waals surface area contributed by atoms with E-state index in [0.29, 0.717) is 19.7 Å². The lowest BCUT2D eigenvalue weighted by Crippen LogP contribution is -2.50. The Hall–Kier alpha value is -1.60. The Bertz CT molecular complexity index is 687. The van der Waals surface area contributed by atoms with Gasteiger partial charge in [0.2, 0.25) is 5.91 Å². The molecule has 0 aliphatic carbocycles. The highest BCUT2D eigenvalue weighted by atomic mass is 35.5. The summed E-state index contributed by atoms with van der Waals surface area (Å²) in [5.41, 5.74) is 0. The van der Waals surface area contributed by atoms with Gasteiger partial charge in [-0.15, -0.1) is 11.3 Å². The average Bonchev–Trinajstić information content (AvgIpc) is 3.08. The van der Waals surface area contributed by atoms with Gasteiger partial charge in [0.1, 0.15) is 12.4 Å². The topological polar surface area (TPSA) is 44.8 Å². The van der Waals surface area contributed by atoms with Crippen LogP contribution in [0.25, 0.3) is 0 Å². The Morgan fingerprint density at radius 3 is 2.50 bits per heavy atom. The average molecular weight is 394 g/mol. The van der Waals surface area contributed by atoms with Crippen LogP contribution in [0, 0.1) is 0 Å². The van der Waals surface area contributed by atoms with Gasteiger partial charge in [-0.2, -0.15) is 0 Å². The second-order valence-corrected chi connectivity index (χ2v) is 8.06. The van der Waals surface area contributed by atoms with Gasteiger partial charge < -0.3 is 10.1 Å². The molecule has 1 aliphatic rings. The number of piperazine rings is 1. The largest absolute Gasteiger partial charge is 0.492 e. The summed E-state index contributed by atoms with van der Waals surface area (Å²) in [7, 11) is 0. The van der Waals surface area contributed by atoms with Crippen LogP contribution in [-0.2, 0) is 11.3 Å². The monoisotopic (exact) mass is 393 g/mol. The lowest BCUT2D eigenvalue weighted by Gasteiger charge is -2.34. The summed E-state index contributed by atoms with van der Waals surface area (Å²) in [6.45, 7) is 6.34. The maximum Gasteiger partial charge on any atom is 0.234 e. The number of nitrogens with zero attached hydrogens (tertiary/aromatic N) is 2. The molecule has 1 aliphatic heterocycles. The molecular weight excluding hydrogens is 370 g/mol. The first-order valence-corrected chi connectivity index (χ1v) is 10.0. The summed E-state index contributed by atoms with van der Waals surface area (Å²) >= 11 is 7.40. The molecule has 0 bridgehead atoms. The number of rotatable bonds is 8. The van der Waals surface area contributed by atoms with Gasteiger partial charge >= 0.3 is 0 Å². The van der Waals surface area contributed by atoms with E-state index in [0.717, 1.165) is 47.7 Å². The number of nitrogens with one attached hydrogen (secondary N) is 1. The molecule has 1 N–H and O–H groups in total. The van der Waals surface area contributed by atoms with Crippen molar-refractivity contribution in [2.45, 2.75) is 6.54 Å². The van der Waals surface area contributed by atoms with E-state index in [4.69, 9.17) is 16.3 Å². The number of benzene rings is 1. The second-order valence-electron chi connectivity index (χ2n) is 6.26. The van der Waals surface area contributed by atoms with Crippen molar-refractivity contribution in [1.82, 2.24) is 15.1 Å². The minimum absolute atomic E-state index is 0.0652. The Kier molecular flexibility index (Phi) is 7.32. The molecule has 1 aromatic carbocycles. The molecule has 140 valence electrons. The van der Waals surface area contributed by atoms with Crippen molar-refractivity contribution >= 4 is 28.8 Å². The van der Waals surface area contributed by atoms with E-state index in [1.54, 1.807) is 0 Å². The van der Waals surface area contributed by atoms with Crippen molar-refractivity contribution in [1.29, 1.82) is 0 Å². The lowest BCUT2D eigenvalue weighted by molar-refractivity contribution is -0.122. The zero-order valence-corrected chi connectivity index (χ0v) is 16.3. The number of ether oxygens (including phenoxy) is 1. The fourth-order valence-corrected chi connectivity index (χ4v) is 3.90. The fourth-order valence-electron chi connectivity index (χ4n) is 2.87. The van der Waals surface area contributed by atoms with Crippen molar-refractivity contribution in [3.8, 4) is 5.75 Å². The second kappa shape index (κ2) is 9.92. The first-order valence-electron chi connectivity index (χ1n) is 8.82. The van der Waals surface area contributed by atoms with E-state index in [1.807, 2.05) is 42.5 Å². The van der Waals surface area contributed by atoms with E-state index in [9.17, 15) is 4.79 Å². The van der Waals surface area contributed by atoms with Gasteiger partial charge in [0.15, 0.2) is 0 Å². The van der Waals surface area contributed by atoms with Crippen molar-refractivity contribution in [2.24, 2.45) is 0 Å². The highest BCUT2D eigenvalue weighted by molar-refractivity contribution is 7.16. The van der Waals surface area contributed by atoms with Crippen LogP contribution in [0.1, 0.15) is 4.88 Å². The number of para-hydroxylation sites is 1. The predicted octanol–water partition coefficient (Wildman–Crippen LogP) is 2.71. The van der Waals surface area contributed by atoms with E-state index in [1.165, 1.54) is 11.3 Å².